The van der Waals surface area contributed by atoms with Crippen LogP contribution in [0.25, 0.3) is 11.2 Å². The lowest BCUT2D eigenvalue weighted by Gasteiger charge is -2.16. The van der Waals surface area contributed by atoms with Gasteiger partial charge in [-0.2, -0.15) is 0 Å². The minimum absolute atomic E-state index is 0.100. The molecule has 0 aliphatic carbocycles. The fourth-order valence-electron chi connectivity index (χ4n) is 3.66. The van der Waals surface area contributed by atoms with Crippen molar-refractivity contribution in [3.8, 4) is 0 Å². The molecular formula is C21H30N4O6. The molecular weight excluding hydrogens is 404 g/mol. The summed E-state index contributed by atoms with van der Waals surface area (Å²) in [5.41, 5.74) is -0.0930. The molecule has 0 aromatic carbocycles. The van der Waals surface area contributed by atoms with Crippen LogP contribution in [0, 0.1) is 0 Å². The highest BCUT2D eigenvalue weighted by Gasteiger charge is 2.44. The average Bonchev–Trinajstić information content (AvgIpc) is 3.31. The molecule has 0 saturated carbocycles. The third-order valence-corrected chi connectivity index (χ3v) is 5.42. The third-order valence-electron chi connectivity index (χ3n) is 5.42. The van der Waals surface area contributed by atoms with Gasteiger partial charge in [0.25, 0.3) is 5.56 Å². The number of nitrogens with one attached hydrogen (secondary N) is 1. The fourth-order valence-corrected chi connectivity index (χ4v) is 3.66. The molecule has 1 saturated heterocycles. The Kier molecular flexibility index (Phi) is 8.33. The lowest BCUT2D eigenvalue weighted by molar-refractivity contribution is -0.150. The topological polar surface area (TPSA) is 140 Å². The van der Waals surface area contributed by atoms with Gasteiger partial charge >= 0.3 is 5.97 Å². The molecule has 1 aliphatic heterocycles. The number of hydrogen-bond acceptors (Lipinski definition) is 8. The maximum absolute atomic E-state index is 12.0. The van der Waals surface area contributed by atoms with Crippen LogP contribution in [0.15, 0.2) is 30.1 Å². The number of H-pyrrole nitrogens is 1. The van der Waals surface area contributed by atoms with Gasteiger partial charge in [-0.3, -0.25) is 14.2 Å². The summed E-state index contributed by atoms with van der Waals surface area (Å²) in [6.07, 6.45) is 7.65. The highest BCUT2D eigenvalue weighted by Crippen LogP contribution is 2.31. The number of aromatic nitrogens is 4. The number of carbonyl (C=O) groups is 1. The van der Waals surface area contributed by atoms with E-state index >= 15 is 0 Å². The van der Waals surface area contributed by atoms with Gasteiger partial charge in [0.05, 0.1) is 12.7 Å². The number of allylic oxidation sites excluding steroid dienone is 1. The SMILES string of the molecule is C=CCCCCCCCCC(=O)OC[C@H]1O[C@@H](n2cnc3c(=O)[nH]cnc32)[C@H](O)[C@@H]1O. The van der Waals surface area contributed by atoms with Gasteiger partial charge in [0, 0.05) is 6.42 Å². The third kappa shape index (κ3) is 5.78. The first-order chi connectivity index (χ1) is 15.0. The Morgan fingerprint density at radius 2 is 1.94 bits per heavy atom. The molecule has 0 amide bonds. The monoisotopic (exact) mass is 434 g/mol. The molecule has 3 heterocycles. The van der Waals surface area contributed by atoms with E-state index in [-0.39, 0.29) is 23.7 Å². The number of aliphatic hydroxyl groups excluding tert-OH is 2. The Morgan fingerprint density at radius 3 is 2.71 bits per heavy atom. The van der Waals surface area contributed by atoms with Crippen LogP contribution in [-0.4, -0.2) is 60.6 Å². The van der Waals surface area contributed by atoms with E-state index in [4.69, 9.17) is 9.47 Å². The summed E-state index contributed by atoms with van der Waals surface area (Å²) in [4.78, 5) is 34.2. The van der Waals surface area contributed by atoms with E-state index in [1.807, 2.05) is 6.08 Å². The number of unbranched alkanes of at least 4 members (excludes halogenated alkanes) is 6. The molecule has 10 nitrogen and oxygen atoms in total. The summed E-state index contributed by atoms with van der Waals surface area (Å²) < 4.78 is 12.3. The predicted molar refractivity (Wildman–Crippen MR) is 112 cm³/mol. The van der Waals surface area contributed by atoms with Crippen molar-refractivity contribution in [2.24, 2.45) is 0 Å². The first-order valence-electron chi connectivity index (χ1n) is 10.7. The Balaban J connectivity index is 1.43. The van der Waals surface area contributed by atoms with Gasteiger partial charge in [-0.05, 0) is 19.3 Å². The lowest BCUT2D eigenvalue weighted by Crippen LogP contribution is -2.34. The van der Waals surface area contributed by atoms with Gasteiger partial charge in [-0.25, -0.2) is 9.97 Å². The summed E-state index contributed by atoms with van der Waals surface area (Å²) >= 11 is 0. The molecule has 1 fully saturated rings. The van der Waals surface area contributed by atoms with Gasteiger partial charge < -0.3 is 24.7 Å². The number of fused-ring (bicyclic) bond motifs is 1. The molecule has 2 aromatic heterocycles. The second-order valence-corrected chi connectivity index (χ2v) is 7.73. The molecule has 0 spiro atoms. The summed E-state index contributed by atoms with van der Waals surface area (Å²) in [6.45, 7) is 3.53. The van der Waals surface area contributed by atoms with Crippen molar-refractivity contribution in [3.05, 3.63) is 35.7 Å². The van der Waals surface area contributed by atoms with E-state index in [0.717, 1.165) is 38.5 Å². The van der Waals surface area contributed by atoms with Crippen LogP contribution >= 0.6 is 0 Å². The van der Waals surface area contributed by atoms with Crippen molar-refractivity contribution in [2.45, 2.75) is 75.9 Å². The molecule has 3 rings (SSSR count). The van der Waals surface area contributed by atoms with Crippen LogP contribution in [-0.2, 0) is 14.3 Å². The van der Waals surface area contributed by atoms with Crippen molar-refractivity contribution in [3.63, 3.8) is 0 Å². The highest BCUT2D eigenvalue weighted by atomic mass is 16.6. The minimum Gasteiger partial charge on any atom is -0.463 e. The number of ether oxygens (including phenoxy) is 2. The molecule has 10 heteroatoms. The summed E-state index contributed by atoms with van der Waals surface area (Å²) in [7, 11) is 0. The number of esters is 1. The second kappa shape index (κ2) is 11.2. The zero-order valence-corrected chi connectivity index (χ0v) is 17.5. The maximum Gasteiger partial charge on any atom is 0.305 e. The normalized spacial score (nSPS) is 23.3. The molecule has 31 heavy (non-hydrogen) atoms. The largest absolute Gasteiger partial charge is 0.463 e. The van der Waals surface area contributed by atoms with Crippen LogP contribution in [0.3, 0.4) is 0 Å². The molecule has 0 radical (unpaired) electrons. The molecule has 2 aromatic rings. The van der Waals surface area contributed by atoms with E-state index in [1.165, 1.54) is 23.6 Å². The average molecular weight is 434 g/mol. The minimum atomic E-state index is -1.29. The number of aliphatic hydroxyl groups is 2. The highest BCUT2D eigenvalue weighted by molar-refractivity contribution is 5.69. The summed E-state index contributed by atoms with van der Waals surface area (Å²) in [5.74, 6) is -0.360. The van der Waals surface area contributed by atoms with Crippen LogP contribution in [0.1, 0.15) is 57.6 Å². The van der Waals surface area contributed by atoms with E-state index in [2.05, 4.69) is 21.5 Å². The lowest BCUT2D eigenvalue weighted by atomic mass is 10.1. The van der Waals surface area contributed by atoms with Crippen molar-refractivity contribution < 1.29 is 24.5 Å². The van der Waals surface area contributed by atoms with E-state index in [0.29, 0.717) is 6.42 Å². The Morgan fingerprint density at radius 1 is 1.19 bits per heavy atom. The Bertz CT molecular complexity index is 926. The summed E-state index contributed by atoms with van der Waals surface area (Å²) in [6, 6.07) is 0. The Labute approximate surface area is 179 Å². The van der Waals surface area contributed by atoms with E-state index in [9.17, 15) is 19.8 Å². The first kappa shape index (κ1) is 23.1. The van der Waals surface area contributed by atoms with Gasteiger partial charge in [0.1, 0.15) is 24.9 Å². The molecule has 1 aliphatic rings. The summed E-state index contributed by atoms with van der Waals surface area (Å²) in [5, 5.41) is 20.7. The first-order valence-corrected chi connectivity index (χ1v) is 10.7. The van der Waals surface area contributed by atoms with E-state index in [1.54, 1.807) is 0 Å². The van der Waals surface area contributed by atoms with Crippen molar-refractivity contribution in [1.29, 1.82) is 0 Å². The van der Waals surface area contributed by atoms with Crippen molar-refractivity contribution >= 4 is 17.1 Å². The van der Waals surface area contributed by atoms with Gasteiger partial charge in [0.2, 0.25) is 0 Å². The van der Waals surface area contributed by atoms with Crippen molar-refractivity contribution in [2.75, 3.05) is 6.61 Å². The number of aromatic amines is 1. The van der Waals surface area contributed by atoms with Gasteiger partial charge in [-0.15, -0.1) is 6.58 Å². The van der Waals surface area contributed by atoms with E-state index < -0.39 is 30.1 Å². The fraction of sp³-hybridized carbons (Fsp3) is 0.619. The molecule has 3 N–H and O–H groups in total. The van der Waals surface area contributed by atoms with Gasteiger partial charge in [0.15, 0.2) is 17.4 Å². The molecule has 4 atom stereocenters. The standard InChI is InChI=1S/C21H30N4O6/c1-2-3-4-5-6-7-8-9-10-15(26)30-11-14-17(27)18(28)21(31-14)25-13-24-16-19(25)22-12-23-20(16)29/h2,12-14,17-18,21,27-28H,1,3-11H2,(H,22,23,29)/t14-,17-,18-,21-/m1/s1. The van der Waals surface area contributed by atoms with Gasteiger partial charge in [-0.1, -0.05) is 31.8 Å². The van der Waals surface area contributed by atoms with Crippen LogP contribution in [0.2, 0.25) is 0 Å². The van der Waals surface area contributed by atoms with Crippen LogP contribution < -0.4 is 5.56 Å². The predicted octanol–water partition coefficient (Wildman–Crippen LogP) is 1.59. The quantitative estimate of drug-likeness (QED) is 0.260. The number of nitrogens with zero attached hydrogens (tertiary/aromatic N) is 3. The van der Waals surface area contributed by atoms with Crippen LogP contribution in [0.5, 0.6) is 0 Å². The smallest absolute Gasteiger partial charge is 0.305 e. The number of imidazole rings is 1. The Hall–Kier alpha value is -2.56. The molecule has 0 unspecified atom stereocenters. The second-order valence-electron chi connectivity index (χ2n) is 7.73. The number of rotatable bonds is 12. The van der Waals surface area contributed by atoms with Crippen molar-refractivity contribution in [1.82, 2.24) is 19.5 Å². The number of hydrogen-bond donors (Lipinski definition) is 3. The molecule has 170 valence electrons. The zero-order valence-electron chi connectivity index (χ0n) is 17.5. The number of carbonyl (C=O) groups excluding carboxylic acids is 1. The maximum atomic E-state index is 12.0. The zero-order chi connectivity index (χ0) is 22.2. The van der Waals surface area contributed by atoms with Crippen LogP contribution in [0.4, 0.5) is 0 Å². The molecule has 0 bridgehead atoms.